The summed E-state index contributed by atoms with van der Waals surface area (Å²) in [6.07, 6.45) is 1.60. The Kier molecular flexibility index (Phi) is 5.30. The molecule has 0 bridgehead atoms. The number of aryl methyl sites for hydroxylation is 1. The second kappa shape index (κ2) is 7.36. The van der Waals surface area contributed by atoms with Gasteiger partial charge in [0, 0.05) is 17.2 Å². The third kappa shape index (κ3) is 4.51. The van der Waals surface area contributed by atoms with E-state index in [1.54, 1.807) is 13.0 Å². The summed E-state index contributed by atoms with van der Waals surface area (Å²) in [6.45, 7) is 3.20. The second-order valence-electron chi connectivity index (χ2n) is 6.73. The summed E-state index contributed by atoms with van der Waals surface area (Å²) in [4.78, 5) is 12.6. The number of hydrogen-bond donors (Lipinski definition) is 2. The molecule has 0 radical (unpaired) electrons. The zero-order valence-corrected chi connectivity index (χ0v) is 15.7. The lowest BCUT2D eigenvalue weighted by molar-refractivity contribution is 0.0938. The van der Waals surface area contributed by atoms with Gasteiger partial charge in [-0.25, -0.2) is 21.9 Å². The van der Waals surface area contributed by atoms with E-state index in [1.807, 2.05) is 0 Å². The van der Waals surface area contributed by atoms with Gasteiger partial charge in [-0.3, -0.25) is 4.79 Å². The molecular formula is C19H20F2N2O3S. The molecular weight excluding hydrogens is 374 g/mol. The molecule has 0 aliphatic heterocycles. The SMILES string of the molecule is Cc1ccc(S(=O)(=O)NC2CC2)cc1C(=O)NC(C)c1cc(F)ccc1F. The van der Waals surface area contributed by atoms with Crippen molar-refractivity contribution in [3.8, 4) is 0 Å². The fourth-order valence-electron chi connectivity index (χ4n) is 2.70. The summed E-state index contributed by atoms with van der Waals surface area (Å²) in [5.41, 5.74) is 0.752. The van der Waals surface area contributed by atoms with Crippen molar-refractivity contribution in [3.05, 3.63) is 64.7 Å². The highest BCUT2D eigenvalue weighted by molar-refractivity contribution is 7.89. The first-order valence-electron chi connectivity index (χ1n) is 8.56. The first kappa shape index (κ1) is 19.4. The summed E-state index contributed by atoms with van der Waals surface area (Å²) in [5, 5.41) is 2.59. The summed E-state index contributed by atoms with van der Waals surface area (Å²) in [6, 6.07) is 6.45. The number of carbonyl (C=O) groups excluding carboxylic acids is 1. The highest BCUT2D eigenvalue weighted by atomic mass is 32.2. The van der Waals surface area contributed by atoms with Gasteiger partial charge in [-0.15, -0.1) is 0 Å². The Morgan fingerprint density at radius 1 is 1.15 bits per heavy atom. The Hall–Kier alpha value is -2.32. The molecule has 8 heteroatoms. The lowest BCUT2D eigenvalue weighted by atomic mass is 10.1. The molecule has 1 aliphatic carbocycles. The van der Waals surface area contributed by atoms with Crippen molar-refractivity contribution in [1.29, 1.82) is 0 Å². The molecule has 1 amide bonds. The number of hydrogen-bond acceptors (Lipinski definition) is 3. The molecule has 0 aromatic heterocycles. The van der Waals surface area contributed by atoms with Gasteiger partial charge in [0.05, 0.1) is 10.9 Å². The summed E-state index contributed by atoms with van der Waals surface area (Å²) >= 11 is 0. The Bertz CT molecular complexity index is 988. The molecule has 1 saturated carbocycles. The molecule has 27 heavy (non-hydrogen) atoms. The van der Waals surface area contributed by atoms with Crippen LogP contribution in [0, 0.1) is 18.6 Å². The van der Waals surface area contributed by atoms with Gasteiger partial charge in [0.15, 0.2) is 0 Å². The van der Waals surface area contributed by atoms with Gasteiger partial charge in [-0.05, 0) is 62.6 Å². The van der Waals surface area contributed by atoms with E-state index >= 15 is 0 Å². The van der Waals surface area contributed by atoms with E-state index in [0.29, 0.717) is 5.56 Å². The zero-order valence-electron chi connectivity index (χ0n) is 14.9. The van der Waals surface area contributed by atoms with Crippen LogP contribution >= 0.6 is 0 Å². The van der Waals surface area contributed by atoms with Crippen LogP contribution in [-0.2, 0) is 10.0 Å². The van der Waals surface area contributed by atoms with Crippen molar-refractivity contribution >= 4 is 15.9 Å². The predicted octanol–water partition coefficient (Wildman–Crippen LogP) is 3.20. The zero-order chi connectivity index (χ0) is 19.8. The van der Waals surface area contributed by atoms with Crippen LogP contribution in [0.4, 0.5) is 8.78 Å². The van der Waals surface area contributed by atoms with E-state index < -0.39 is 33.6 Å². The molecule has 0 spiro atoms. The standard InChI is InChI=1S/C19H20F2N2O3S/c1-11-3-7-15(27(25,26)23-14-5-6-14)10-16(11)19(24)22-12(2)17-9-13(20)4-8-18(17)21/h3-4,7-10,12,14,23H,5-6H2,1-2H3,(H,22,24). The maximum atomic E-state index is 13.9. The molecule has 5 nitrogen and oxygen atoms in total. The Morgan fingerprint density at radius 2 is 1.85 bits per heavy atom. The minimum Gasteiger partial charge on any atom is -0.345 e. The maximum absolute atomic E-state index is 13.9. The second-order valence-corrected chi connectivity index (χ2v) is 8.45. The molecule has 3 rings (SSSR count). The molecule has 0 saturated heterocycles. The highest BCUT2D eigenvalue weighted by Crippen LogP contribution is 2.24. The van der Waals surface area contributed by atoms with Crippen LogP contribution in [0.2, 0.25) is 0 Å². The van der Waals surface area contributed by atoms with Gasteiger partial charge >= 0.3 is 0 Å². The van der Waals surface area contributed by atoms with E-state index in [4.69, 9.17) is 0 Å². The number of amides is 1. The molecule has 2 N–H and O–H groups in total. The van der Waals surface area contributed by atoms with Crippen LogP contribution in [0.15, 0.2) is 41.3 Å². The third-order valence-corrected chi connectivity index (χ3v) is 5.95. The van der Waals surface area contributed by atoms with Crippen LogP contribution in [0.1, 0.15) is 47.3 Å². The topological polar surface area (TPSA) is 75.3 Å². The van der Waals surface area contributed by atoms with Crippen LogP contribution < -0.4 is 10.0 Å². The lowest BCUT2D eigenvalue weighted by Crippen LogP contribution is -2.29. The van der Waals surface area contributed by atoms with Crippen LogP contribution in [0.5, 0.6) is 0 Å². The van der Waals surface area contributed by atoms with Gasteiger partial charge in [0.25, 0.3) is 5.91 Å². The normalized spacial score (nSPS) is 15.4. The van der Waals surface area contributed by atoms with Gasteiger partial charge in [0.1, 0.15) is 11.6 Å². The average molecular weight is 394 g/mol. The summed E-state index contributed by atoms with van der Waals surface area (Å²) in [5.74, 6) is -1.80. The predicted molar refractivity (Wildman–Crippen MR) is 96.8 cm³/mol. The largest absolute Gasteiger partial charge is 0.345 e. The van der Waals surface area contributed by atoms with Crippen LogP contribution in [-0.4, -0.2) is 20.4 Å². The van der Waals surface area contributed by atoms with E-state index in [1.165, 1.54) is 19.1 Å². The van der Waals surface area contributed by atoms with E-state index in [2.05, 4.69) is 10.0 Å². The Labute approximate surface area is 156 Å². The summed E-state index contributed by atoms with van der Waals surface area (Å²) < 4.78 is 54.5. The van der Waals surface area contributed by atoms with Crippen LogP contribution in [0.3, 0.4) is 0 Å². The molecule has 1 aliphatic rings. The van der Waals surface area contributed by atoms with Gasteiger partial charge < -0.3 is 5.32 Å². The molecule has 1 fully saturated rings. The van der Waals surface area contributed by atoms with Gasteiger partial charge in [0.2, 0.25) is 10.0 Å². The number of rotatable bonds is 6. The van der Waals surface area contributed by atoms with Gasteiger partial charge in [-0.2, -0.15) is 0 Å². The van der Waals surface area contributed by atoms with Crippen molar-refractivity contribution in [2.75, 3.05) is 0 Å². The minimum atomic E-state index is -3.70. The lowest BCUT2D eigenvalue weighted by Gasteiger charge is -2.17. The first-order chi connectivity index (χ1) is 12.7. The molecule has 0 heterocycles. The number of nitrogens with one attached hydrogen (secondary N) is 2. The van der Waals surface area contributed by atoms with Crippen molar-refractivity contribution in [2.24, 2.45) is 0 Å². The van der Waals surface area contributed by atoms with E-state index in [0.717, 1.165) is 31.0 Å². The van der Waals surface area contributed by atoms with Crippen molar-refractivity contribution in [2.45, 2.75) is 43.7 Å². The molecule has 2 aromatic carbocycles. The van der Waals surface area contributed by atoms with Crippen molar-refractivity contribution < 1.29 is 22.0 Å². The summed E-state index contributed by atoms with van der Waals surface area (Å²) in [7, 11) is -3.70. The fourth-order valence-corrected chi connectivity index (χ4v) is 4.03. The van der Waals surface area contributed by atoms with Crippen molar-refractivity contribution in [1.82, 2.24) is 10.0 Å². The fraction of sp³-hybridized carbons (Fsp3) is 0.316. The highest BCUT2D eigenvalue weighted by Gasteiger charge is 2.28. The quantitative estimate of drug-likeness (QED) is 0.790. The van der Waals surface area contributed by atoms with E-state index in [9.17, 15) is 22.0 Å². The minimum absolute atomic E-state index is 0.00487. The maximum Gasteiger partial charge on any atom is 0.252 e. The van der Waals surface area contributed by atoms with Crippen LogP contribution in [0.25, 0.3) is 0 Å². The number of halogens is 2. The third-order valence-electron chi connectivity index (χ3n) is 4.44. The number of carbonyl (C=O) groups is 1. The average Bonchev–Trinajstić information content (AvgIpc) is 3.40. The van der Waals surface area contributed by atoms with Crippen molar-refractivity contribution in [3.63, 3.8) is 0 Å². The Morgan fingerprint density at radius 3 is 2.52 bits per heavy atom. The first-order valence-corrected chi connectivity index (χ1v) is 10.0. The monoisotopic (exact) mass is 394 g/mol. The molecule has 1 unspecified atom stereocenters. The Balaban J connectivity index is 1.83. The number of benzene rings is 2. The number of sulfonamides is 1. The van der Waals surface area contributed by atoms with E-state index in [-0.39, 0.29) is 22.1 Å². The smallest absolute Gasteiger partial charge is 0.252 e. The molecule has 1 atom stereocenters. The molecule has 2 aromatic rings. The molecule has 144 valence electrons. The van der Waals surface area contributed by atoms with Gasteiger partial charge in [-0.1, -0.05) is 6.07 Å².